The number of fused-ring (bicyclic) bond motifs is 1. The van der Waals surface area contributed by atoms with Gasteiger partial charge in [0.05, 0.1) is 16.4 Å². The molecule has 0 amide bonds. The van der Waals surface area contributed by atoms with Gasteiger partial charge in [0, 0.05) is 31.1 Å². The average molecular weight is 308 g/mol. The van der Waals surface area contributed by atoms with Crippen LogP contribution in [0.3, 0.4) is 0 Å². The molecule has 0 bridgehead atoms. The first kappa shape index (κ1) is 16.8. The summed E-state index contributed by atoms with van der Waals surface area (Å²) in [7, 11) is 0. The second-order valence-corrected chi connectivity index (χ2v) is 4.80. The number of aromatic nitrogens is 2. The van der Waals surface area contributed by atoms with Crippen LogP contribution < -0.4 is 5.84 Å². The second kappa shape index (κ2) is 8.80. The minimum atomic E-state index is 0.972. The van der Waals surface area contributed by atoms with E-state index in [4.69, 9.17) is 16.4 Å². The van der Waals surface area contributed by atoms with E-state index in [0.717, 1.165) is 26.4 Å². The highest BCUT2D eigenvalue weighted by molar-refractivity contribution is 7.21. The molecule has 2 heterocycles. The van der Waals surface area contributed by atoms with Crippen LogP contribution in [0, 0.1) is 23.7 Å². The molecule has 2 aromatic heterocycles. The van der Waals surface area contributed by atoms with E-state index < -0.39 is 0 Å². The van der Waals surface area contributed by atoms with Gasteiger partial charge in [0.1, 0.15) is 5.01 Å². The monoisotopic (exact) mass is 308 g/mol. The molecule has 0 saturated heterocycles. The van der Waals surface area contributed by atoms with Crippen molar-refractivity contribution in [1.82, 2.24) is 9.97 Å². The van der Waals surface area contributed by atoms with Crippen molar-refractivity contribution >= 4 is 27.8 Å². The summed E-state index contributed by atoms with van der Waals surface area (Å²) in [6.07, 6.45) is 5.20. The SMILES string of the molecule is C#N.C#N.NN=Cc1ccc2nc(-c3cccnc3)sc2c1. The van der Waals surface area contributed by atoms with Crippen molar-refractivity contribution in [2.24, 2.45) is 10.9 Å². The Morgan fingerprint density at radius 2 is 1.95 bits per heavy atom. The summed E-state index contributed by atoms with van der Waals surface area (Å²) in [5.74, 6) is 5.15. The predicted octanol–water partition coefficient (Wildman–Crippen LogP) is 2.93. The predicted molar refractivity (Wildman–Crippen MR) is 88.0 cm³/mol. The number of hydrogen-bond acceptors (Lipinski definition) is 7. The van der Waals surface area contributed by atoms with Gasteiger partial charge < -0.3 is 5.84 Å². The molecule has 0 aliphatic carbocycles. The second-order valence-electron chi connectivity index (χ2n) is 3.77. The van der Waals surface area contributed by atoms with Gasteiger partial charge in [0.2, 0.25) is 0 Å². The Hall–Kier alpha value is -3.29. The standard InChI is InChI=1S/C13H10N4S.2CHN/c14-16-7-9-3-4-11-12(6-9)18-13(17-11)10-2-1-5-15-8-10;2*1-2/h1-8H,14H2;2*1H. The zero-order chi connectivity index (χ0) is 16.4. The Kier molecular flexibility index (Phi) is 6.70. The zero-order valence-corrected chi connectivity index (χ0v) is 12.3. The highest BCUT2D eigenvalue weighted by atomic mass is 32.1. The molecule has 3 aromatic rings. The highest BCUT2D eigenvalue weighted by Crippen LogP contribution is 2.29. The molecule has 3 rings (SSSR count). The van der Waals surface area contributed by atoms with Crippen LogP contribution in [0.2, 0.25) is 0 Å². The summed E-state index contributed by atoms with van der Waals surface area (Å²) in [5.41, 5.74) is 2.99. The van der Waals surface area contributed by atoms with Gasteiger partial charge in [-0.1, -0.05) is 6.07 Å². The molecule has 7 heteroatoms. The third kappa shape index (κ3) is 3.85. The summed E-state index contributed by atoms with van der Waals surface area (Å²) < 4.78 is 1.12. The molecule has 0 aliphatic heterocycles. The van der Waals surface area contributed by atoms with Crippen molar-refractivity contribution in [2.75, 3.05) is 0 Å². The highest BCUT2D eigenvalue weighted by Gasteiger charge is 2.06. The van der Waals surface area contributed by atoms with Crippen LogP contribution in [0.1, 0.15) is 5.56 Å². The maximum Gasteiger partial charge on any atom is 0.126 e. The molecule has 108 valence electrons. The number of benzene rings is 1. The molecular weight excluding hydrogens is 296 g/mol. The molecule has 0 aliphatic rings. The molecule has 1 aromatic carbocycles. The maximum atomic E-state index is 6.50. The Labute approximate surface area is 131 Å². The van der Waals surface area contributed by atoms with E-state index >= 15 is 0 Å². The number of hydrogen-bond donors (Lipinski definition) is 1. The molecule has 0 radical (unpaired) electrons. The van der Waals surface area contributed by atoms with E-state index in [1.807, 2.05) is 36.5 Å². The summed E-state index contributed by atoms with van der Waals surface area (Å²) in [6, 6.07) is 9.87. The van der Waals surface area contributed by atoms with Crippen LogP contribution in [0.15, 0.2) is 47.8 Å². The Morgan fingerprint density at radius 3 is 2.59 bits per heavy atom. The van der Waals surface area contributed by atoms with E-state index in [1.165, 1.54) is 0 Å². The fourth-order valence-electron chi connectivity index (χ4n) is 1.72. The minimum Gasteiger partial charge on any atom is -0.323 e. The number of nitriles is 2. The molecule has 6 nitrogen and oxygen atoms in total. The third-order valence-corrected chi connectivity index (χ3v) is 3.61. The van der Waals surface area contributed by atoms with Crippen LogP contribution >= 0.6 is 11.3 Å². The molecule has 0 fully saturated rings. The van der Waals surface area contributed by atoms with Crippen molar-refractivity contribution in [3.05, 3.63) is 48.3 Å². The molecule has 0 atom stereocenters. The van der Waals surface area contributed by atoms with Gasteiger partial charge in [-0.25, -0.2) is 15.5 Å². The fourth-order valence-corrected chi connectivity index (χ4v) is 2.72. The van der Waals surface area contributed by atoms with Crippen LogP contribution in [0.4, 0.5) is 0 Å². The Morgan fingerprint density at radius 1 is 1.18 bits per heavy atom. The molecule has 0 saturated carbocycles. The van der Waals surface area contributed by atoms with Gasteiger partial charge in [-0.15, -0.1) is 11.3 Å². The van der Waals surface area contributed by atoms with Crippen LogP contribution in [-0.4, -0.2) is 16.2 Å². The van der Waals surface area contributed by atoms with Crippen molar-refractivity contribution in [2.45, 2.75) is 0 Å². The van der Waals surface area contributed by atoms with Gasteiger partial charge in [0.25, 0.3) is 0 Å². The van der Waals surface area contributed by atoms with E-state index in [2.05, 4.69) is 28.2 Å². The lowest BCUT2D eigenvalue weighted by atomic mass is 10.2. The van der Waals surface area contributed by atoms with Gasteiger partial charge in [-0.2, -0.15) is 5.10 Å². The fraction of sp³-hybridized carbons (Fsp3) is 0. The molecule has 22 heavy (non-hydrogen) atoms. The molecule has 2 N–H and O–H groups in total. The topological polar surface area (TPSA) is 112 Å². The van der Waals surface area contributed by atoms with E-state index in [9.17, 15) is 0 Å². The summed E-state index contributed by atoms with van der Waals surface area (Å²) in [5, 5.41) is 17.5. The number of rotatable bonds is 2. The number of nitrogens with zero attached hydrogens (tertiary/aromatic N) is 5. The van der Waals surface area contributed by atoms with Crippen molar-refractivity contribution in [3.8, 4) is 23.7 Å². The average Bonchev–Trinajstić information content (AvgIpc) is 3.03. The van der Waals surface area contributed by atoms with E-state index in [-0.39, 0.29) is 0 Å². The van der Waals surface area contributed by atoms with Gasteiger partial charge in [-0.3, -0.25) is 4.98 Å². The quantitative estimate of drug-likeness (QED) is 0.444. The summed E-state index contributed by atoms with van der Waals surface area (Å²) in [4.78, 5) is 8.69. The first-order valence-corrected chi connectivity index (χ1v) is 6.74. The summed E-state index contributed by atoms with van der Waals surface area (Å²) in [6.45, 7) is 7.00. The number of hydrazone groups is 1. The van der Waals surface area contributed by atoms with E-state index in [1.54, 1.807) is 23.7 Å². The number of thiazole rings is 1. The van der Waals surface area contributed by atoms with Gasteiger partial charge >= 0.3 is 0 Å². The number of pyridine rings is 1. The Balaban J connectivity index is 0.000000561. The van der Waals surface area contributed by atoms with Crippen LogP contribution in [0.5, 0.6) is 0 Å². The molecule has 0 unspecified atom stereocenters. The van der Waals surface area contributed by atoms with Crippen molar-refractivity contribution < 1.29 is 0 Å². The van der Waals surface area contributed by atoms with Gasteiger partial charge in [-0.05, 0) is 29.8 Å². The lowest BCUT2D eigenvalue weighted by Gasteiger charge is -1.91. The first-order valence-electron chi connectivity index (χ1n) is 5.93. The van der Waals surface area contributed by atoms with Crippen LogP contribution in [0.25, 0.3) is 20.8 Å². The smallest absolute Gasteiger partial charge is 0.126 e. The normalized spacial score (nSPS) is 9.45. The third-order valence-electron chi connectivity index (χ3n) is 2.54. The van der Waals surface area contributed by atoms with E-state index in [0.29, 0.717) is 0 Å². The largest absolute Gasteiger partial charge is 0.323 e. The first-order chi connectivity index (χ1) is 10.9. The van der Waals surface area contributed by atoms with Crippen LogP contribution in [-0.2, 0) is 0 Å². The number of nitrogens with two attached hydrogens (primary N) is 1. The Bertz CT molecular complexity index is 783. The van der Waals surface area contributed by atoms with Crippen molar-refractivity contribution in [1.29, 1.82) is 10.5 Å². The maximum absolute atomic E-state index is 6.50. The zero-order valence-electron chi connectivity index (χ0n) is 11.5. The lowest BCUT2D eigenvalue weighted by Crippen LogP contribution is -1.85. The van der Waals surface area contributed by atoms with Crippen molar-refractivity contribution in [3.63, 3.8) is 0 Å². The van der Waals surface area contributed by atoms with Gasteiger partial charge in [0.15, 0.2) is 0 Å². The molecular formula is C15H12N6S. The summed E-state index contributed by atoms with van der Waals surface area (Å²) >= 11 is 1.64. The minimum absolute atomic E-state index is 0.972. The lowest BCUT2D eigenvalue weighted by molar-refractivity contribution is 1.26. The molecule has 0 spiro atoms.